The maximum atomic E-state index is 12.8. The Bertz CT molecular complexity index is 1430. The molecule has 1 amide bonds. The van der Waals surface area contributed by atoms with E-state index >= 15 is 0 Å². The van der Waals surface area contributed by atoms with E-state index in [-0.39, 0.29) is 12.2 Å². The van der Waals surface area contributed by atoms with Gasteiger partial charge >= 0.3 is 0 Å². The molecule has 0 aliphatic carbocycles. The molecular weight excluding hydrogens is 453 g/mol. The Labute approximate surface area is 181 Å². The minimum atomic E-state index is -0.474. The molecule has 4 rings (SSSR count). The number of halogens is 2. The van der Waals surface area contributed by atoms with Crippen molar-refractivity contribution >= 4 is 77.8 Å². The van der Waals surface area contributed by atoms with E-state index in [1.807, 2.05) is 0 Å². The van der Waals surface area contributed by atoms with E-state index in [1.54, 1.807) is 28.8 Å². The first-order valence-electron chi connectivity index (χ1n) is 8.06. The Balaban J connectivity index is 1.84. The van der Waals surface area contributed by atoms with Gasteiger partial charge in [-0.1, -0.05) is 40.5 Å². The zero-order valence-electron chi connectivity index (χ0n) is 14.4. The minimum Gasteiger partial charge on any atom is -0.303 e. The van der Waals surface area contributed by atoms with Crippen molar-refractivity contribution in [1.29, 1.82) is 0 Å². The van der Waals surface area contributed by atoms with Crippen molar-refractivity contribution < 1.29 is 9.72 Å². The Morgan fingerprint density at radius 3 is 2.72 bits per heavy atom. The van der Waals surface area contributed by atoms with Gasteiger partial charge in [0.25, 0.3) is 11.6 Å². The van der Waals surface area contributed by atoms with Gasteiger partial charge in [-0.05, 0) is 24.3 Å². The molecule has 0 saturated heterocycles. The predicted octanol–water partition coefficient (Wildman–Crippen LogP) is 5.51. The van der Waals surface area contributed by atoms with Gasteiger partial charge < -0.3 is 4.57 Å². The summed E-state index contributed by atoms with van der Waals surface area (Å²) in [5, 5.41) is 12.5. The number of fused-ring (bicyclic) bond motifs is 2. The van der Waals surface area contributed by atoms with E-state index in [2.05, 4.69) is 10.9 Å². The molecule has 0 radical (unpaired) electrons. The van der Waals surface area contributed by atoms with Gasteiger partial charge in [-0.2, -0.15) is 4.99 Å². The van der Waals surface area contributed by atoms with Crippen molar-refractivity contribution in [3.63, 3.8) is 0 Å². The predicted molar refractivity (Wildman–Crippen MR) is 117 cm³/mol. The number of thiazole rings is 1. The summed E-state index contributed by atoms with van der Waals surface area (Å²) in [5.74, 6) is 2.08. The van der Waals surface area contributed by atoms with Gasteiger partial charge in [-0.3, -0.25) is 14.9 Å². The molecule has 0 aliphatic rings. The van der Waals surface area contributed by atoms with Gasteiger partial charge in [0, 0.05) is 27.2 Å². The van der Waals surface area contributed by atoms with Gasteiger partial charge in [0.1, 0.15) is 0 Å². The van der Waals surface area contributed by atoms with Crippen LogP contribution < -0.4 is 4.80 Å². The first-order chi connectivity index (χ1) is 13.9. The van der Waals surface area contributed by atoms with Gasteiger partial charge in [-0.25, -0.2) is 0 Å². The molecule has 2 aromatic heterocycles. The number of benzene rings is 2. The maximum absolute atomic E-state index is 12.8. The van der Waals surface area contributed by atoms with Crippen LogP contribution in [0, 0.1) is 22.5 Å². The second-order valence-corrected chi connectivity index (χ2v) is 8.85. The second-order valence-electron chi connectivity index (χ2n) is 5.92. The molecule has 0 N–H and O–H groups in total. The van der Waals surface area contributed by atoms with E-state index in [1.165, 1.54) is 34.8 Å². The Morgan fingerprint density at radius 1 is 1.21 bits per heavy atom. The molecule has 2 heterocycles. The molecule has 10 heteroatoms. The summed E-state index contributed by atoms with van der Waals surface area (Å²) < 4.78 is 3.21. The number of thiophene rings is 1. The van der Waals surface area contributed by atoms with Crippen LogP contribution in [-0.4, -0.2) is 15.4 Å². The number of carbonyl (C=O) groups is 1. The number of hydrogen-bond donors (Lipinski definition) is 0. The van der Waals surface area contributed by atoms with Gasteiger partial charge in [-0.15, -0.1) is 17.8 Å². The van der Waals surface area contributed by atoms with Crippen molar-refractivity contribution in [3.05, 3.63) is 66.2 Å². The third kappa shape index (κ3) is 3.66. The first kappa shape index (κ1) is 19.6. The molecule has 0 fully saturated rings. The van der Waals surface area contributed by atoms with E-state index in [9.17, 15) is 14.9 Å². The van der Waals surface area contributed by atoms with Gasteiger partial charge in [0.05, 0.1) is 31.6 Å². The lowest BCUT2D eigenvalue weighted by molar-refractivity contribution is -0.384. The third-order valence-electron chi connectivity index (χ3n) is 4.06. The number of nitro benzene ring substituents is 1. The summed E-state index contributed by atoms with van der Waals surface area (Å²) in [6, 6.07) is 9.40. The van der Waals surface area contributed by atoms with Gasteiger partial charge in [0.15, 0.2) is 4.80 Å². The number of carbonyl (C=O) groups excluding carboxylic acids is 1. The average molecular weight is 462 g/mol. The highest BCUT2D eigenvalue weighted by Gasteiger charge is 2.15. The molecule has 0 bridgehead atoms. The summed E-state index contributed by atoms with van der Waals surface area (Å²) in [4.78, 5) is 28.3. The van der Waals surface area contributed by atoms with Crippen LogP contribution in [0.25, 0.3) is 20.3 Å². The molecule has 0 atom stereocenters. The Morgan fingerprint density at radius 2 is 2.00 bits per heavy atom. The third-order valence-corrected chi connectivity index (χ3v) is 6.70. The molecule has 0 unspecified atom stereocenters. The van der Waals surface area contributed by atoms with Crippen LogP contribution in [0.1, 0.15) is 9.67 Å². The number of nitrogens with zero attached hydrogens (tertiary/aromatic N) is 3. The molecule has 144 valence electrons. The average Bonchev–Trinajstić information content (AvgIpc) is 3.23. The van der Waals surface area contributed by atoms with Crippen molar-refractivity contribution in [2.45, 2.75) is 6.54 Å². The normalized spacial score (nSPS) is 11.8. The van der Waals surface area contributed by atoms with Crippen LogP contribution in [-0.2, 0) is 6.54 Å². The maximum Gasteiger partial charge on any atom is 0.289 e. The quantitative estimate of drug-likeness (QED) is 0.229. The van der Waals surface area contributed by atoms with E-state index in [0.29, 0.717) is 30.6 Å². The molecule has 0 saturated carbocycles. The van der Waals surface area contributed by atoms with E-state index in [0.717, 1.165) is 9.40 Å². The fourth-order valence-corrected chi connectivity index (χ4v) is 5.58. The summed E-state index contributed by atoms with van der Waals surface area (Å²) in [6.07, 6.45) is 5.48. The van der Waals surface area contributed by atoms with Crippen molar-refractivity contribution in [1.82, 2.24) is 4.57 Å². The number of hydrogen-bond acceptors (Lipinski definition) is 5. The summed E-state index contributed by atoms with van der Waals surface area (Å²) >= 11 is 14.9. The standard InChI is InChI=1S/C19H9Cl2N3O3S2/c1-2-5-23-17-13(21)8-11(20)9-15(17)29-19(23)22-18(25)16-7-10-6-12(24(26)27)3-4-14(10)28-16/h1,3-4,6-9H,5H2. The van der Waals surface area contributed by atoms with Crippen molar-refractivity contribution in [3.8, 4) is 12.3 Å². The van der Waals surface area contributed by atoms with Crippen LogP contribution in [0.15, 0.2) is 41.4 Å². The zero-order valence-corrected chi connectivity index (χ0v) is 17.5. The van der Waals surface area contributed by atoms with Crippen molar-refractivity contribution in [2.24, 2.45) is 4.99 Å². The molecule has 0 spiro atoms. The summed E-state index contributed by atoms with van der Waals surface area (Å²) in [5.41, 5.74) is 0.631. The van der Waals surface area contributed by atoms with Crippen LogP contribution in [0.2, 0.25) is 10.0 Å². The van der Waals surface area contributed by atoms with E-state index < -0.39 is 10.8 Å². The van der Waals surface area contributed by atoms with Crippen LogP contribution in [0.4, 0.5) is 5.69 Å². The number of nitro groups is 1. The highest BCUT2D eigenvalue weighted by Crippen LogP contribution is 2.31. The summed E-state index contributed by atoms with van der Waals surface area (Å²) in [6.45, 7) is 0.187. The van der Waals surface area contributed by atoms with Crippen molar-refractivity contribution in [2.75, 3.05) is 0 Å². The Kier molecular flexibility index (Phi) is 5.15. The largest absolute Gasteiger partial charge is 0.303 e. The molecule has 2 aromatic carbocycles. The lowest BCUT2D eigenvalue weighted by Crippen LogP contribution is -2.16. The van der Waals surface area contributed by atoms with Gasteiger partial charge in [0.2, 0.25) is 0 Å². The van der Waals surface area contributed by atoms with E-state index in [4.69, 9.17) is 29.6 Å². The van der Waals surface area contributed by atoms with Crippen LogP contribution >= 0.6 is 45.9 Å². The van der Waals surface area contributed by atoms with Crippen LogP contribution in [0.5, 0.6) is 0 Å². The molecule has 4 aromatic rings. The fourth-order valence-electron chi connectivity index (χ4n) is 2.84. The number of aromatic nitrogens is 1. The Hall–Kier alpha value is -2.70. The first-order valence-corrected chi connectivity index (χ1v) is 10.4. The monoisotopic (exact) mass is 461 g/mol. The highest BCUT2D eigenvalue weighted by molar-refractivity contribution is 7.21. The highest BCUT2D eigenvalue weighted by atomic mass is 35.5. The van der Waals surface area contributed by atoms with Crippen LogP contribution in [0.3, 0.4) is 0 Å². The fraction of sp³-hybridized carbons (Fsp3) is 0.0526. The summed E-state index contributed by atoms with van der Waals surface area (Å²) in [7, 11) is 0. The lowest BCUT2D eigenvalue weighted by Gasteiger charge is -2.02. The molecular formula is C19H9Cl2N3O3S2. The second kappa shape index (κ2) is 7.61. The minimum absolute atomic E-state index is 0.0332. The topological polar surface area (TPSA) is 77.5 Å². The lowest BCUT2D eigenvalue weighted by atomic mass is 10.2. The number of non-ortho nitro benzene ring substituents is 1. The zero-order chi connectivity index (χ0) is 20.7. The number of amides is 1. The molecule has 6 nitrogen and oxygen atoms in total. The smallest absolute Gasteiger partial charge is 0.289 e. The SMILES string of the molecule is C#CCn1c(=NC(=O)c2cc3cc([N+](=O)[O-])ccc3s2)sc2cc(Cl)cc(Cl)c21. The molecule has 0 aliphatic heterocycles. The molecule has 29 heavy (non-hydrogen) atoms. The number of terminal acetylenes is 1. The number of rotatable bonds is 3.